The van der Waals surface area contributed by atoms with Crippen molar-refractivity contribution in [3.8, 4) is 0 Å². The van der Waals surface area contributed by atoms with Gasteiger partial charge in [-0.1, -0.05) is 13.0 Å². The molecule has 5 heteroatoms. The highest BCUT2D eigenvalue weighted by Gasteiger charge is 2.13. The lowest BCUT2D eigenvalue weighted by molar-refractivity contribution is 0.200. The van der Waals surface area contributed by atoms with Crippen LogP contribution in [0.15, 0.2) is 18.2 Å². The number of aliphatic hydroxyl groups excluding tert-OH is 1. The van der Waals surface area contributed by atoms with Gasteiger partial charge >= 0.3 is 6.03 Å². The molecular weight excluding hydrogens is 230 g/mol. The van der Waals surface area contributed by atoms with Crippen molar-refractivity contribution in [1.29, 1.82) is 0 Å². The fourth-order valence-electron chi connectivity index (χ4n) is 1.43. The van der Waals surface area contributed by atoms with Gasteiger partial charge in [0, 0.05) is 18.3 Å². The largest absolute Gasteiger partial charge is 0.396 e. The first-order chi connectivity index (χ1) is 8.52. The van der Waals surface area contributed by atoms with E-state index in [1.165, 1.54) is 0 Å². The van der Waals surface area contributed by atoms with Gasteiger partial charge in [-0.2, -0.15) is 0 Å². The number of aryl methyl sites for hydroxylation is 1. The topological polar surface area (TPSA) is 74.2 Å². The summed E-state index contributed by atoms with van der Waals surface area (Å²) in [6, 6.07) is 5.38. The highest BCUT2D eigenvalue weighted by Crippen LogP contribution is 2.00. The number of urea groups is 1. The van der Waals surface area contributed by atoms with Crippen molar-refractivity contribution < 1.29 is 9.90 Å². The van der Waals surface area contributed by atoms with Gasteiger partial charge in [-0.3, -0.25) is 4.98 Å². The molecule has 2 amide bonds. The Hall–Kier alpha value is -1.62. The van der Waals surface area contributed by atoms with Crippen molar-refractivity contribution in [3.05, 3.63) is 29.6 Å². The third-order valence-electron chi connectivity index (χ3n) is 2.88. The normalized spacial score (nSPS) is 13.8. The van der Waals surface area contributed by atoms with Crippen LogP contribution in [0.3, 0.4) is 0 Å². The van der Waals surface area contributed by atoms with E-state index in [2.05, 4.69) is 15.6 Å². The standard InChI is InChI=1S/C13H21N3O2/c1-9(8-17)11(3)16-13(18)14-7-12-6-4-5-10(2)15-12/h4-6,9,11,17H,7-8H2,1-3H3,(H2,14,16,18). The van der Waals surface area contributed by atoms with Crippen molar-refractivity contribution in [3.63, 3.8) is 0 Å². The number of amides is 2. The van der Waals surface area contributed by atoms with Crippen LogP contribution in [0.4, 0.5) is 4.79 Å². The maximum atomic E-state index is 11.6. The zero-order chi connectivity index (χ0) is 13.5. The lowest BCUT2D eigenvalue weighted by Gasteiger charge is -2.19. The minimum atomic E-state index is -0.244. The number of rotatable bonds is 5. The van der Waals surface area contributed by atoms with Crippen molar-refractivity contribution in [1.82, 2.24) is 15.6 Å². The number of nitrogens with zero attached hydrogens (tertiary/aromatic N) is 1. The Labute approximate surface area is 108 Å². The van der Waals surface area contributed by atoms with Gasteiger partial charge in [0.1, 0.15) is 0 Å². The molecule has 1 aromatic heterocycles. The summed E-state index contributed by atoms with van der Waals surface area (Å²) in [4.78, 5) is 15.9. The molecule has 0 spiro atoms. The highest BCUT2D eigenvalue weighted by molar-refractivity contribution is 5.74. The Morgan fingerprint density at radius 1 is 1.44 bits per heavy atom. The van der Waals surface area contributed by atoms with E-state index in [-0.39, 0.29) is 24.6 Å². The molecule has 0 fully saturated rings. The average Bonchev–Trinajstić information content (AvgIpc) is 2.35. The van der Waals surface area contributed by atoms with Gasteiger partial charge in [-0.15, -0.1) is 0 Å². The second-order valence-corrected chi connectivity index (χ2v) is 4.55. The fraction of sp³-hybridized carbons (Fsp3) is 0.538. The molecule has 0 bridgehead atoms. The van der Waals surface area contributed by atoms with Crippen LogP contribution in [0.25, 0.3) is 0 Å². The molecule has 0 saturated carbocycles. The zero-order valence-electron chi connectivity index (χ0n) is 11.1. The van der Waals surface area contributed by atoms with E-state index in [1.54, 1.807) is 0 Å². The Morgan fingerprint density at radius 2 is 2.17 bits per heavy atom. The minimum Gasteiger partial charge on any atom is -0.396 e. The van der Waals surface area contributed by atoms with Gasteiger partial charge in [-0.05, 0) is 31.9 Å². The zero-order valence-corrected chi connectivity index (χ0v) is 11.1. The molecular formula is C13H21N3O2. The predicted octanol–water partition coefficient (Wildman–Crippen LogP) is 1.21. The van der Waals surface area contributed by atoms with Crippen LogP contribution in [0, 0.1) is 12.8 Å². The number of carbonyl (C=O) groups is 1. The van der Waals surface area contributed by atoms with Gasteiger partial charge in [0.25, 0.3) is 0 Å². The summed E-state index contributed by atoms with van der Waals surface area (Å²) < 4.78 is 0. The van der Waals surface area contributed by atoms with Crippen molar-refractivity contribution in [2.24, 2.45) is 5.92 Å². The van der Waals surface area contributed by atoms with Crippen molar-refractivity contribution in [2.45, 2.75) is 33.4 Å². The van der Waals surface area contributed by atoms with E-state index in [0.717, 1.165) is 11.4 Å². The lowest BCUT2D eigenvalue weighted by Crippen LogP contribution is -2.44. The van der Waals surface area contributed by atoms with Crippen molar-refractivity contribution >= 4 is 6.03 Å². The van der Waals surface area contributed by atoms with E-state index in [1.807, 2.05) is 39.0 Å². The molecule has 0 saturated heterocycles. The monoisotopic (exact) mass is 251 g/mol. The molecule has 0 aliphatic heterocycles. The third-order valence-corrected chi connectivity index (χ3v) is 2.88. The number of pyridine rings is 1. The Balaban J connectivity index is 2.37. The quantitative estimate of drug-likeness (QED) is 0.736. The van der Waals surface area contributed by atoms with Gasteiger partial charge < -0.3 is 15.7 Å². The Morgan fingerprint density at radius 3 is 2.78 bits per heavy atom. The molecule has 0 aliphatic carbocycles. The van der Waals surface area contributed by atoms with E-state index in [4.69, 9.17) is 5.11 Å². The van der Waals surface area contributed by atoms with Gasteiger partial charge in [0.05, 0.1) is 12.2 Å². The number of hydrogen-bond acceptors (Lipinski definition) is 3. The average molecular weight is 251 g/mol. The molecule has 1 heterocycles. The summed E-state index contributed by atoms with van der Waals surface area (Å²) in [5.41, 5.74) is 1.75. The van der Waals surface area contributed by atoms with Gasteiger partial charge in [-0.25, -0.2) is 4.79 Å². The summed E-state index contributed by atoms with van der Waals surface area (Å²) in [6.07, 6.45) is 0. The van der Waals surface area contributed by atoms with Gasteiger partial charge in [0.15, 0.2) is 0 Å². The van der Waals surface area contributed by atoms with Crippen LogP contribution >= 0.6 is 0 Å². The summed E-state index contributed by atoms with van der Waals surface area (Å²) >= 11 is 0. The summed E-state index contributed by atoms with van der Waals surface area (Å²) in [6.45, 7) is 6.11. The SMILES string of the molecule is Cc1cccc(CNC(=O)NC(C)C(C)CO)n1. The Kier molecular flexibility index (Phi) is 5.58. The molecule has 0 aliphatic rings. The minimum absolute atomic E-state index is 0.0350. The maximum absolute atomic E-state index is 11.6. The summed E-state index contributed by atoms with van der Waals surface area (Å²) in [5, 5.41) is 14.5. The van der Waals surface area contributed by atoms with Crippen LogP contribution < -0.4 is 10.6 Å². The van der Waals surface area contributed by atoms with Crippen LogP contribution in [0.1, 0.15) is 25.2 Å². The second kappa shape index (κ2) is 6.96. The third kappa shape index (κ3) is 4.71. The molecule has 5 nitrogen and oxygen atoms in total. The van der Waals surface area contributed by atoms with Crippen LogP contribution in [-0.4, -0.2) is 28.8 Å². The first kappa shape index (κ1) is 14.4. The van der Waals surface area contributed by atoms with Crippen LogP contribution in [0.5, 0.6) is 0 Å². The first-order valence-corrected chi connectivity index (χ1v) is 6.10. The Bertz CT molecular complexity index is 396. The van der Waals surface area contributed by atoms with E-state index < -0.39 is 0 Å². The van der Waals surface area contributed by atoms with Gasteiger partial charge in [0.2, 0.25) is 0 Å². The van der Waals surface area contributed by atoms with Crippen molar-refractivity contribution in [2.75, 3.05) is 6.61 Å². The fourth-order valence-corrected chi connectivity index (χ4v) is 1.43. The second-order valence-electron chi connectivity index (χ2n) is 4.55. The first-order valence-electron chi connectivity index (χ1n) is 6.10. The number of hydrogen-bond donors (Lipinski definition) is 3. The lowest BCUT2D eigenvalue weighted by atomic mass is 10.1. The molecule has 1 aromatic rings. The van der Waals surface area contributed by atoms with E-state index in [9.17, 15) is 4.79 Å². The molecule has 2 atom stereocenters. The molecule has 0 radical (unpaired) electrons. The van der Waals surface area contributed by atoms with Crippen LogP contribution in [-0.2, 0) is 6.54 Å². The number of aromatic nitrogens is 1. The highest BCUT2D eigenvalue weighted by atomic mass is 16.3. The van der Waals surface area contributed by atoms with E-state index >= 15 is 0 Å². The van der Waals surface area contributed by atoms with Crippen LogP contribution in [0.2, 0.25) is 0 Å². The summed E-state index contributed by atoms with van der Waals surface area (Å²) in [7, 11) is 0. The number of aliphatic hydroxyl groups is 1. The smallest absolute Gasteiger partial charge is 0.315 e. The molecule has 2 unspecified atom stereocenters. The molecule has 1 rings (SSSR count). The molecule has 100 valence electrons. The maximum Gasteiger partial charge on any atom is 0.315 e. The molecule has 18 heavy (non-hydrogen) atoms. The molecule has 0 aromatic carbocycles. The number of carbonyl (C=O) groups excluding carboxylic acids is 1. The molecule has 3 N–H and O–H groups in total. The van der Waals surface area contributed by atoms with E-state index in [0.29, 0.717) is 6.54 Å². The summed E-state index contributed by atoms with van der Waals surface area (Å²) in [5.74, 6) is 0.0350. The predicted molar refractivity (Wildman–Crippen MR) is 70.1 cm³/mol. The number of nitrogens with one attached hydrogen (secondary N) is 2.